The second-order valence-corrected chi connectivity index (χ2v) is 11.2. The molecule has 0 aromatic heterocycles. The van der Waals surface area contributed by atoms with Crippen molar-refractivity contribution in [3.8, 4) is 0 Å². The number of hydrogen-bond acceptors (Lipinski definition) is 9. The van der Waals surface area contributed by atoms with Crippen LogP contribution in [0.3, 0.4) is 0 Å². The molecule has 202 valence electrons. The Morgan fingerprint density at radius 1 is 0.686 bits per heavy atom. The van der Waals surface area contributed by atoms with Gasteiger partial charge in [-0.1, -0.05) is 48.5 Å². The summed E-state index contributed by atoms with van der Waals surface area (Å²) in [6.45, 7) is 18.7. The van der Waals surface area contributed by atoms with Crippen molar-refractivity contribution in [2.24, 2.45) is 29.1 Å². The summed E-state index contributed by atoms with van der Waals surface area (Å²) >= 11 is 0. The Kier molecular flexibility index (Phi) is 10.1. The van der Waals surface area contributed by atoms with Gasteiger partial charge in [0.15, 0.2) is 6.29 Å². The second-order valence-electron chi connectivity index (χ2n) is 11.2. The predicted octanol–water partition coefficient (Wildman–Crippen LogP) is 3.51. The van der Waals surface area contributed by atoms with E-state index in [1.54, 1.807) is 0 Å². The Bertz CT molecular complexity index is 746. The molecule has 0 bridgehead atoms. The van der Waals surface area contributed by atoms with E-state index in [-0.39, 0.29) is 54.4 Å². The van der Waals surface area contributed by atoms with Gasteiger partial charge in [-0.3, -0.25) is 14.4 Å². The van der Waals surface area contributed by atoms with Crippen LogP contribution in [0.15, 0.2) is 0 Å². The van der Waals surface area contributed by atoms with E-state index in [9.17, 15) is 14.4 Å². The summed E-state index contributed by atoms with van der Waals surface area (Å²) in [5.41, 5.74) is -0.108. The van der Waals surface area contributed by atoms with Crippen molar-refractivity contribution in [1.82, 2.24) is 0 Å². The quantitative estimate of drug-likeness (QED) is 0.383. The molecule has 0 radical (unpaired) electrons. The first kappa shape index (κ1) is 29.5. The van der Waals surface area contributed by atoms with Crippen molar-refractivity contribution in [3.63, 3.8) is 0 Å². The molecule has 35 heavy (non-hydrogen) atoms. The molecule has 0 spiro atoms. The maximum absolute atomic E-state index is 11.7. The van der Waals surface area contributed by atoms with Crippen molar-refractivity contribution >= 4 is 17.9 Å². The molecule has 10 atom stereocenters. The van der Waals surface area contributed by atoms with Gasteiger partial charge in [0.1, 0.15) is 31.5 Å². The van der Waals surface area contributed by atoms with Crippen LogP contribution in [-0.2, 0) is 42.8 Å². The van der Waals surface area contributed by atoms with Crippen LogP contribution < -0.4 is 0 Å². The largest absolute Gasteiger partial charge is 0.463 e. The Labute approximate surface area is 209 Å². The Balaban J connectivity index is 2.28. The van der Waals surface area contributed by atoms with Crippen LogP contribution >= 0.6 is 0 Å². The van der Waals surface area contributed by atoms with Crippen LogP contribution in [0.2, 0.25) is 0 Å². The summed E-state index contributed by atoms with van der Waals surface area (Å²) in [5.74, 6) is -1.25. The smallest absolute Gasteiger partial charge is 0.303 e. The molecule has 2 rings (SSSR count). The normalized spacial score (nSPS) is 37.9. The molecule has 0 aromatic carbocycles. The monoisotopic (exact) mass is 500 g/mol. The van der Waals surface area contributed by atoms with Gasteiger partial charge in [0.2, 0.25) is 0 Å². The number of carbonyl (C=O) groups excluding carboxylic acids is 3. The summed E-state index contributed by atoms with van der Waals surface area (Å²) in [4.78, 5) is 34.7. The minimum absolute atomic E-state index is 0.0495. The van der Waals surface area contributed by atoms with Crippen molar-refractivity contribution in [3.05, 3.63) is 0 Å². The molecule has 2 saturated heterocycles. The molecule has 10 unspecified atom stereocenters. The number of rotatable bonds is 7. The van der Waals surface area contributed by atoms with Crippen LogP contribution in [0, 0.1) is 29.1 Å². The van der Waals surface area contributed by atoms with Crippen LogP contribution in [0.1, 0.15) is 69.2 Å². The first-order valence-corrected chi connectivity index (χ1v) is 12.5. The maximum Gasteiger partial charge on any atom is 0.303 e. The van der Waals surface area contributed by atoms with Gasteiger partial charge in [0.05, 0.1) is 12.2 Å². The zero-order valence-corrected chi connectivity index (χ0v) is 22.9. The van der Waals surface area contributed by atoms with E-state index in [4.69, 9.17) is 28.4 Å². The third-order valence-corrected chi connectivity index (χ3v) is 7.31. The van der Waals surface area contributed by atoms with E-state index in [1.807, 2.05) is 13.8 Å². The fourth-order valence-corrected chi connectivity index (χ4v) is 5.12. The minimum atomic E-state index is -0.675. The summed E-state index contributed by atoms with van der Waals surface area (Å²) < 4.78 is 35.4. The highest BCUT2D eigenvalue weighted by Gasteiger charge is 2.50. The molecule has 2 aliphatic rings. The minimum Gasteiger partial charge on any atom is -0.463 e. The fourth-order valence-electron chi connectivity index (χ4n) is 5.12. The maximum atomic E-state index is 11.7. The summed E-state index contributed by atoms with van der Waals surface area (Å²) in [6, 6.07) is 0. The lowest BCUT2D eigenvalue weighted by atomic mass is 9.72. The Morgan fingerprint density at radius 2 is 1.17 bits per heavy atom. The topological polar surface area (TPSA) is 107 Å². The molecular weight excluding hydrogens is 456 g/mol. The molecule has 2 heterocycles. The van der Waals surface area contributed by atoms with E-state index in [0.29, 0.717) is 0 Å². The average molecular weight is 501 g/mol. The fraction of sp³-hybridized carbons (Fsp3) is 0.885. The van der Waals surface area contributed by atoms with Crippen molar-refractivity contribution < 1.29 is 42.8 Å². The first-order chi connectivity index (χ1) is 16.1. The first-order valence-electron chi connectivity index (χ1n) is 12.5. The van der Waals surface area contributed by atoms with Gasteiger partial charge in [-0.25, -0.2) is 0 Å². The molecule has 0 aromatic rings. The summed E-state index contributed by atoms with van der Waals surface area (Å²) in [7, 11) is 0. The van der Waals surface area contributed by atoms with Crippen LogP contribution in [0.5, 0.6) is 0 Å². The molecule has 0 amide bonds. The standard InChI is InChI=1S/C26H44O9/c1-13-15(3)24(26(8,9)10)33-20(11-30-17(5)27)23(13)35-25-16(4)14(2)22(32-19(7)29)21(34-25)12-31-18(6)28/h13-16,20-25H,11-12H2,1-10H3. The Morgan fingerprint density at radius 3 is 1.63 bits per heavy atom. The lowest BCUT2D eigenvalue weighted by Gasteiger charge is -2.51. The molecule has 9 heteroatoms. The van der Waals surface area contributed by atoms with E-state index in [1.165, 1.54) is 20.8 Å². The zero-order valence-electron chi connectivity index (χ0n) is 22.9. The number of hydrogen-bond donors (Lipinski definition) is 0. The van der Waals surface area contributed by atoms with Crippen LogP contribution in [0.25, 0.3) is 0 Å². The highest BCUT2D eigenvalue weighted by Crippen LogP contribution is 2.42. The summed E-state index contributed by atoms with van der Waals surface area (Å²) in [6.07, 6.45) is -2.84. The van der Waals surface area contributed by atoms with Crippen LogP contribution in [-0.4, -0.2) is 67.9 Å². The van der Waals surface area contributed by atoms with E-state index >= 15 is 0 Å². The van der Waals surface area contributed by atoms with Gasteiger partial charge >= 0.3 is 17.9 Å². The van der Waals surface area contributed by atoms with Gasteiger partial charge in [0, 0.05) is 32.6 Å². The zero-order chi connectivity index (χ0) is 26.7. The molecule has 2 fully saturated rings. The van der Waals surface area contributed by atoms with E-state index in [2.05, 4.69) is 34.6 Å². The number of carbonyl (C=O) groups is 3. The van der Waals surface area contributed by atoms with Crippen molar-refractivity contribution in [1.29, 1.82) is 0 Å². The molecule has 9 nitrogen and oxygen atoms in total. The van der Waals surface area contributed by atoms with Gasteiger partial charge in [-0.2, -0.15) is 0 Å². The molecule has 0 saturated carbocycles. The van der Waals surface area contributed by atoms with E-state index < -0.39 is 42.6 Å². The highest BCUT2D eigenvalue weighted by molar-refractivity contribution is 5.66. The lowest BCUT2D eigenvalue weighted by molar-refractivity contribution is -0.318. The Hall–Kier alpha value is -1.71. The average Bonchev–Trinajstić information content (AvgIpc) is 2.73. The second kappa shape index (κ2) is 12.0. The molecule has 0 N–H and O–H groups in total. The number of esters is 3. The third kappa shape index (κ3) is 7.64. The van der Waals surface area contributed by atoms with Gasteiger partial charge in [-0.05, 0) is 17.3 Å². The lowest BCUT2D eigenvalue weighted by Crippen LogP contribution is -2.59. The van der Waals surface area contributed by atoms with Gasteiger partial charge in [0.25, 0.3) is 0 Å². The van der Waals surface area contributed by atoms with Crippen LogP contribution in [0.4, 0.5) is 0 Å². The van der Waals surface area contributed by atoms with E-state index in [0.717, 1.165) is 0 Å². The van der Waals surface area contributed by atoms with Crippen molar-refractivity contribution in [2.75, 3.05) is 13.2 Å². The molecular formula is C26H44O9. The highest BCUT2D eigenvalue weighted by atomic mass is 16.7. The van der Waals surface area contributed by atoms with Gasteiger partial charge < -0.3 is 28.4 Å². The van der Waals surface area contributed by atoms with Gasteiger partial charge in [-0.15, -0.1) is 0 Å². The summed E-state index contributed by atoms with van der Waals surface area (Å²) in [5, 5.41) is 0. The predicted molar refractivity (Wildman–Crippen MR) is 127 cm³/mol. The van der Waals surface area contributed by atoms with Crippen molar-refractivity contribution in [2.45, 2.75) is 106 Å². The number of ether oxygens (including phenoxy) is 6. The molecule has 2 aliphatic heterocycles. The molecule has 0 aliphatic carbocycles. The SMILES string of the molecule is CC(=O)OCC1OC(OC2C(COC(C)=O)OC(C(C)(C)C)C(C)C2C)C(C)C(C)C1OC(C)=O. The third-order valence-electron chi connectivity index (χ3n) is 7.31.